The van der Waals surface area contributed by atoms with Crippen LogP contribution in [-0.2, 0) is 14.3 Å². The first-order valence-electron chi connectivity index (χ1n) is 6.36. The van der Waals surface area contributed by atoms with Crippen LogP contribution in [0.2, 0.25) is 0 Å². The molecule has 6 heteroatoms. The number of likely N-dealkylation sites (N-methyl/N-ethyl adjacent to an activating group) is 1. The molecule has 0 saturated carbocycles. The number of esters is 1. The second kappa shape index (κ2) is 7.56. The number of aromatic nitrogens is 2. The summed E-state index contributed by atoms with van der Waals surface area (Å²) in [6.45, 7) is 2.06. The van der Waals surface area contributed by atoms with E-state index in [9.17, 15) is 9.59 Å². The number of methoxy groups -OCH3 is 1. The molecule has 1 amide bonds. The van der Waals surface area contributed by atoms with E-state index in [0.29, 0.717) is 6.42 Å². The van der Waals surface area contributed by atoms with E-state index in [0.717, 1.165) is 12.8 Å². The molecular weight excluding hydrogens is 246 g/mol. The summed E-state index contributed by atoms with van der Waals surface area (Å²) < 4.78 is 6.49. The van der Waals surface area contributed by atoms with Gasteiger partial charge in [-0.2, -0.15) is 0 Å². The van der Waals surface area contributed by atoms with Gasteiger partial charge in [0, 0.05) is 31.9 Å². The van der Waals surface area contributed by atoms with E-state index in [4.69, 9.17) is 0 Å². The first kappa shape index (κ1) is 15.2. The van der Waals surface area contributed by atoms with Crippen LogP contribution >= 0.6 is 0 Å². The predicted molar refractivity (Wildman–Crippen MR) is 70.4 cm³/mol. The topological polar surface area (TPSA) is 64.4 Å². The molecule has 0 fully saturated rings. The predicted octanol–water partition coefficient (Wildman–Crippen LogP) is 1.25. The van der Waals surface area contributed by atoms with Crippen LogP contribution in [0.5, 0.6) is 0 Å². The average Bonchev–Trinajstić information content (AvgIpc) is 2.91. The third-order valence-corrected chi connectivity index (χ3v) is 3.00. The third kappa shape index (κ3) is 4.73. The molecule has 1 unspecified atom stereocenters. The monoisotopic (exact) mass is 267 g/mol. The second-order valence-corrected chi connectivity index (χ2v) is 4.48. The smallest absolute Gasteiger partial charge is 0.325 e. The summed E-state index contributed by atoms with van der Waals surface area (Å²) in [4.78, 5) is 28.6. The number of amides is 1. The van der Waals surface area contributed by atoms with E-state index in [1.54, 1.807) is 19.6 Å². The van der Waals surface area contributed by atoms with Crippen molar-refractivity contribution in [3.63, 3.8) is 0 Å². The highest BCUT2D eigenvalue weighted by Crippen LogP contribution is 2.18. The molecule has 0 bridgehead atoms. The molecule has 106 valence electrons. The number of nitrogens with zero attached hydrogens (tertiary/aromatic N) is 3. The maximum atomic E-state index is 12.1. The first-order chi connectivity index (χ1) is 9.08. The van der Waals surface area contributed by atoms with Gasteiger partial charge in [-0.1, -0.05) is 13.3 Å². The molecule has 0 N–H and O–H groups in total. The summed E-state index contributed by atoms with van der Waals surface area (Å²) in [6.07, 6.45) is 7.51. The summed E-state index contributed by atoms with van der Waals surface area (Å²) in [5.41, 5.74) is 0. The van der Waals surface area contributed by atoms with Gasteiger partial charge in [0.1, 0.15) is 6.54 Å². The number of carbonyl (C=O) groups excluding carboxylic acids is 2. The standard InChI is InChI=1S/C13H21N3O3/c1-4-5-11(16-7-6-14-10-16)8-12(17)15(2)9-13(18)19-3/h6-7,10-11H,4-5,8-9H2,1-3H3. The van der Waals surface area contributed by atoms with Crippen molar-refractivity contribution in [1.82, 2.24) is 14.5 Å². The summed E-state index contributed by atoms with van der Waals surface area (Å²) in [5.74, 6) is -0.483. The normalized spacial score (nSPS) is 11.9. The van der Waals surface area contributed by atoms with Crippen molar-refractivity contribution in [3.8, 4) is 0 Å². The number of rotatable bonds is 7. The van der Waals surface area contributed by atoms with E-state index >= 15 is 0 Å². The summed E-state index contributed by atoms with van der Waals surface area (Å²) >= 11 is 0. The minimum absolute atomic E-state index is 0.0158. The molecule has 0 aliphatic heterocycles. The first-order valence-corrected chi connectivity index (χ1v) is 6.36. The molecule has 0 aliphatic rings. The molecule has 0 spiro atoms. The number of hydrogen-bond acceptors (Lipinski definition) is 4. The van der Waals surface area contributed by atoms with E-state index in [1.165, 1.54) is 12.0 Å². The Bertz CT molecular complexity index is 403. The van der Waals surface area contributed by atoms with Crippen LogP contribution in [0.25, 0.3) is 0 Å². The van der Waals surface area contributed by atoms with Crippen molar-refractivity contribution in [2.24, 2.45) is 0 Å². The Morgan fingerprint density at radius 2 is 2.21 bits per heavy atom. The third-order valence-electron chi connectivity index (χ3n) is 3.00. The highest BCUT2D eigenvalue weighted by molar-refractivity contribution is 5.82. The molecule has 1 heterocycles. The fourth-order valence-electron chi connectivity index (χ4n) is 1.88. The molecule has 1 aromatic heterocycles. The minimum atomic E-state index is -0.412. The van der Waals surface area contributed by atoms with E-state index in [-0.39, 0.29) is 18.5 Å². The van der Waals surface area contributed by atoms with Crippen molar-refractivity contribution < 1.29 is 14.3 Å². The second-order valence-electron chi connectivity index (χ2n) is 4.48. The van der Waals surface area contributed by atoms with Gasteiger partial charge in [0.25, 0.3) is 0 Å². The van der Waals surface area contributed by atoms with Crippen molar-refractivity contribution in [3.05, 3.63) is 18.7 Å². The average molecular weight is 267 g/mol. The van der Waals surface area contributed by atoms with Crippen LogP contribution in [0.3, 0.4) is 0 Å². The molecule has 0 saturated heterocycles. The highest BCUT2D eigenvalue weighted by Gasteiger charge is 2.19. The van der Waals surface area contributed by atoms with Crippen LogP contribution < -0.4 is 0 Å². The van der Waals surface area contributed by atoms with E-state index < -0.39 is 5.97 Å². The van der Waals surface area contributed by atoms with E-state index in [2.05, 4.69) is 16.6 Å². The number of imidazole rings is 1. The molecular formula is C13H21N3O3. The number of carbonyl (C=O) groups is 2. The lowest BCUT2D eigenvalue weighted by atomic mass is 10.1. The van der Waals surface area contributed by atoms with Gasteiger partial charge in [-0.3, -0.25) is 9.59 Å². The van der Waals surface area contributed by atoms with Crippen molar-refractivity contribution >= 4 is 11.9 Å². The summed E-state index contributed by atoms with van der Waals surface area (Å²) in [7, 11) is 2.92. The quantitative estimate of drug-likeness (QED) is 0.697. The SMILES string of the molecule is CCCC(CC(=O)N(C)CC(=O)OC)n1ccnc1. The lowest BCUT2D eigenvalue weighted by molar-refractivity contribution is -0.146. The lowest BCUT2D eigenvalue weighted by Crippen LogP contribution is -2.34. The molecule has 0 radical (unpaired) electrons. The Labute approximate surface area is 113 Å². The van der Waals surface area contributed by atoms with Gasteiger partial charge in [0.2, 0.25) is 5.91 Å². The van der Waals surface area contributed by atoms with Crippen molar-refractivity contribution in [2.45, 2.75) is 32.2 Å². The molecule has 1 aromatic rings. The van der Waals surface area contributed by atoms with Gasteiger partial charge in [-0.15, -0.1) is 0 Å². The molecule has 19 heavy (non-hydrogen) atoms. The van der Waals surface area contributed by atoms with Gasteiger partial charge in [0.15, 0.2) is 0 Å². The Morgan fingerprint density at radius 1 is 1.47 bits per heavy atom. The maximum Gasteiger partial charge on any atom is 0.325 e. The van der Waals surface area contributed by atoms with Crippen LogP contribution in [0, 0.1) is 0 Å². The molecule has 1 rings (SSSR count). The fraction of sp³-hybridized carbons (Fsp3) is 0.615. The van der Waals surface area contributed by atoms with Crippen LogP contribution in [0.1, 0.15) is 32.2 Å². The fourth-order valence-corrected chi connectivity index (χ4v) is 1.88. The maximum absolute atomic E-state index is 12.1. The lowest BCUT2D eigenvalue weighted by Gasteiger charge is -2.21. The zero-order valence-electron chi connectivity index (χ0n) is 11.7. The Morgan fingerprint density at radius 3 is 2.74 bits per heavy atom. The summed E-state index contributed by atoms with van der Waals surface area (Å²) in [6, 6.07) is 0.0834. The number of ether oxygens (including phenoxy) is 1. The van der Waals surface area contributed by atoms with Gasteiger partial charge < -0.3 is 14.2 Å². The summed E-state index contributed by atoms with van der Waals surface area (Å²) in [5, 5.41) is 0. The van der Waals surface area contributed by atoms with Crippen LogP contribution in [0.15, 0.2) is 18.7 Å². The van der Waals surface area contributed by atoms with Crippen LogP contribution in [0.4, 0.5) is 0 Å². The Kier molecular flexibility index (Phi) is 6.05. The van der Waals surface area contributed by atoms with Crippen LogP contribution in [-0.4, -0.2) is 47.0 Å². The largest absolute Gasteiger partial charge is 0.468 e. The zero-order valence-corrected chi connectivity index (χ0v) is 11.7. The van der Waals surface area contributed by atoms with Gasteiger partial charge in [-0.05, 0) is 6.42 Å². The highest BCUT2D eigenvalue weighted by atomic mass is 16.5. The van der Waals surface area contributed by atoms with Gasteiger partial charge in [0.05, 0.1) is 13.4 Å². The van der Waals surface area contributed by atoms with E-state index in [1.807, 2.05) is 10.8 Å². The van der Waals surface area contributed by atoms with Gasteiger partial charge >= 0.3 is 5.97 Å². The van der Waals surface area contributed by atoms with Crippen molar-refractivity contribution in [2.75, 3.05) is 20.7 Å². The Hall–Kier alpha value is -1.85. The molecule has 1 atom stereocenters. The minimum Gasteiger partial charge on any atom is -0.468 e. The molecule has 0 aromatic carbocycles. The Balaban J connectivity index is 2.59. The zero-order chi connectivity index (χ0) is 14.3. The number of hydrogen-bond donors (Lipinski definition) is 0. The molecule has 0 aliphatic carbocycles. The molecule has 6 nitrogen and oxygen atoms in total. The van der Waals surface area contributed by atoms with Crippen molar-refractivity contribution in [1.29, 1.82) is 0 Å². The van der Waals surface area contributed by atoms with Gasteiger partial charge in [-0.25, -0.2) is 4.98 Å².